The summed E-state index contributed by atoms with van der Waals surface area (Å²) in [7, 11) is 3.06. The van der Waals surface area contributed by atoms with Crippen LogP contribution in [0.1, 0.15) is 5.56 Å². The van der Waals surface area contributed by atoms with Crippen LogP contribution in [0.5, 0.6) is 11.5 Å². The number of hydrogen-bond donors (Lipinski definition) is 0. The topological polar surface area (TPSA) is 109 Å². The van der Waals surface area contributed by atoms with Gasteiger partial charge in [-0.15, -0.1) is 10.2 Å². The number of benzene rings is 2. The highest BCUT2D eigenvalue weighted by atomic mass is 32.1. The maximum absolute atomic E-state index is 13.0. The zero-order valence-corrected chi connectivity index (χ0v) is 16.2. The number of nitro groups is 1. The van der Waals surface area contributed by atoms with Crippen LogP contribution in [0.2, 0.25) is 0 Å². The Balaban J connectivity index is 1.85. The van der Waals surface area contributed by atoms with Crippen LogP contribution < -0.4 is 19.6 Å². The Morgan fingerprint density at radius 1 is 1.10 bits per heavy atom. The summed E-state index contributed by atoms with van der Waals surface area (Å²) in [4.78, 5) is 23.9. The molecule has 2 heterocycles. The SMILES string of the molecule is COc1ccc(-c2nnc3sc(=Cc4cccc([N+](=O)[O-])c4)c(=O)n23)cc1OC. The molecule has 10 heteroatoms. The molecule has 0 amide bonds. The largest absolute Gasteiger partial charge is 0.493 e. The first-order chi connectivity index (χ1) is 14.0. The van der Waals surface area contributed by atoms with E-state index in [9.17, 15) is 14.9 Å². The Morgan fingerprint density at radius 3 is 2.62 bits per heavy atom. The van der Waals surface area contributed by atoms with E-state index in [4.69, 9.17) is 9.47 Å². The fourth-order valence-electron chi connectivity index (χ4n) is 2.90. The van der Waals surface area contributed by atoms with Crippen molar-refractivity contribution < 1.29 is 14.4 Å². The second-order valence-corrected chi connectivity index (χ2v) is 6.99. The molecule has 2 aromatic heterocycles. The maximum Gasteiger partial charge on any atom is 0.276 e. The van der Waals surface area contributed by atoms with Gasteiger partial charge in [0.2, 0.25) is 4.96 Å². The minimum atomic E-state index is -0.476. The molecule has 0 saturated carbocycles. The number of methoxy groups -OCH3 is 2. The second kappa shape index (κ2) is 7.32. The fraction of sp³-hybridized carbons (Fsp3) is 0.105. The van der Waals surface area contributed by atoms with Crippen molar-refractivity contribution in [3.63, 3.8) is 0 Å². The highest BCUT2D eigenvalue weighted by Gasteiger charge is 2.16. The van der Waals surface area contributed by atoms with Crippen LogP contribution in [0.3, 0.4) is 0 Å². The number of non-ortho nitro benzene ring substituents is 1. The smallest absolute Gasteiger partial charge is 0.276 e. The molecule has 0 aliphatic heterocycles. The monoisotopic (exact) mass is 410 g/mol. The molecule has 0 aliphatic rings. The molecule has 2 aromatic carbocycles. The second-order valence-electron chi connectivity index (χ2n) is 5.98. The van der Waals surface area contributed by atoms with Crippen molar-refractivity contribution in [3.8, 4) is 22.9 Å². The number of hydrogen-bond acceptors (Lipinski definition) is 8. The van der Waals surface area contributed by atoms with E-state index in [1.165, 1.54) is 30.8 Å². The van der Waals surface area contributed by atoms with Gasteiger partial charge in [0, 0.05) is 17.7 Å². The number of aromatic nitrogens is 3. The fourth-order valence-corrected chi connectivity index (χ4v) is 3.82. The third-order valence-electron chi connectivity index (χ3n) is 4.27. The van der Waals surface area contributed by atoms with Crippen molar-refractivity contribution in [2.45, 2.75) is 0 Å². The Kier molecular flexibility index (Phi) is 4.69. The molecule has 4 aromatic rings. The van der Waals surface area contributed by atoms with Crippen molar-refractivity contribution in [3.05, 3.63) is 73.0 Å². The third kappa shape index (κ3) is 3.29. The molecule has 146 valence electrons. The van der Waals surface area contributed by atoms with E-state index >= 15 is 0 Å². The quantitative estimate of drug-likeness (QED) is 0.367. The Hall–Kier alpha value is -3.79. The molecule has 29 heavy (non-hydrogen) atoms. The van der Waals surface area contributed by atoms with Crippen molar-refractivity contribution in [2.75, 3.05) is 14.2 Å². The third-order valence-corrected chi connectivity index (χ3v) is 5.23. The van der Waals surface area contributed by atoms with Crippen LogP contribution >= 0.6 is 11.3 Å². The summed E-state index contributed by atoms with van der Waals surface area (Å²) >= 11 is 1.16. The summed E-state index contributed by atoms with van der Waals surface area (Å²) in [5, 5.41) is 19.2. The number of nitro benzene ring substituents is 1. The predicted molar refractivity (Wildman–Crippen MR) is 108 cm³/mol. The minimum Gasteiger partial charge on any atom is -0.493 e. The summed E-state index contributed by atoms with van der Waals surface area (Å²) in [6.07, 6.45) is 1.60. The standard InChI is InChI=1S/C19H14N4O5S/c1-27-14-7-6-12(10-15(14)28-2)17-20-21-19-22(17)18(24)16(29-19)9-11-4-3-5-13(8-11)23(25)26/h3-10H,1-2H3. The van der Waals surface area contributed by atoms with Gasteiger partial charge in [0.05, 0.1) is 23.7 Å². The average molecular weight is 410 g/mol. The summed E-state index contributed by atoms with van der Waals surface area (Å²) in [6.45, 7) is 0. The molecule has 0 saturated heterocycles. The van der Waals surface area contributed by atoms with E-state index in [0.29, 0.717) is 37.9 Å². The van der Waals surface area contributed by atoms with E-state index in [2.05, 4.69) is 10.2 Å². The van der Waals surface area contributed by atoms with E-state index in [1.54, 1.807) is 36.4 Å². The van der Waals surface area contributed by atoms with Gasteiger partial charge in [-0.1, -0.05) is 23.5 Å². The van der Waals surface area contributed by atoms with Crippen LogP contribution in [0.4, 0.5) is 5.69 Å². The van der Waals surface area contributed by atoms with Crippen molar-refractivity contribution in [2.24, 2.45) is 0 Å². The first kappa shape index (κ1) is 18.6. The Bertz CT molecular complexity index is 1340. The molecular weight excluding hydrogens is 396 g/mol. The highest BCUT2D eigenvalue weighted by Crippen LogP contribution is 2.31. The number of ether oxygens (including phenoxy) is 2. The van der Waals surface area contributed by atoms with Crippen molar-refractivity contribution >= 4 is 28.1 Å². The van der Waals surface area contributed by atoms with Crippen LogP contribution in [0, 0.1) is 10.1 Å². The average Bonchev–Trinajstić information content (AvgIpc) is 3.28. The molecule has 0 bridgehead atoms. The maximum atomic E-state index is 13.0. The van der Waals surface area contributed by atoms with Crippen molar-refractivity contribution in [1.29, 1.82) is 0 Å². The van der Waals surface area contributed by atoms with E-state index in [1.807, 2.05) is 0 Å². The summed E-state index contributed by atoms with van der Waals surface area (Å²) in [5.74, 6) is 1.44. The van der Waals surface area contributed by atoms with Crippen LogP contribution in [0.15, 0.2) is 47.3 Å². The van der Waals surface area contributed by atoms with E-state index < -0.39 is 4.92 Å². The predicted octanol–water partition coefficient (Wildman–Crippen LogP) is 2.29. The van der Waals surface area contributed by atoms with Crippen molar-refractivity contribution in [1.82, 2.24) is 14.6 Å². The molecule has 9 nitrogen and oxygen atoms in total. The van der Waals surface area contributed by atoms with Gasteiger partial charge in [-0.05, 0) is 29.8 Å². The molecule has 0 spiro atoms. The molecule has 0 atom stereocenters. The number of nitrogens with zero attached hydrogens (tertiary/aromatic N) is 4. The number of fused-ring (bicyclic) bond motifs is 1. The molecule has 0 N–H and O–H groups in total. The lowest BCUT2D eigenvalue weighted by Gasteiger charge is -2.08. The van der Waals surface area contributed by atoms with Crippen LogP contribution in [-0.4, -0.2) is 33.7 Å². The number of rotatable bonds is 5. The van der Waals surface area contributed by atoms with Gasteiger partial charge in [0.25, 0.3) is 11.2 Å². The zero-order chi connectivity index (χ0) is 20.5. The Labute approximate surface area is 167 Å². The normalized spacial score (nSPS) is 11.7. The number of thiazole rings is 1. The van der Waals surface area contributed by atoms with Gasteiger partial charge in [-0.2, -0.15) is 0 Å². The van der Waals surface area contributed by atoms with E-state index in [-0.39, 0.29) is 11.2 Å². The molecule has 0 fully saturated rings. The van der Waals surface area contributed by atoms with Crippen LogP contribution in [-0.2, 0) is 0 Å². The molecule has 0 radical (unpaired) electrons. The lowest BCUT2D eigenvalue weighted by molar-refractivity contribution is -0.384. The first-order valence-corrected chi connectivity index (χ1v) is 9.20. The lowest BCUT2D eigenvalue weighted by atomic mass is 10.2. The highest BCUT2D eigenvalue weighted by molar-refractivity contribution is 7.15. The van der Waals surface area contributed by atoms with Gasteiger partial charge >= 0.3 is 0 Å². The molecular formula is C19H14N4O5S. The summed E-state index contributed by atoms with van der Waals surface area (Å²) < 4.78 is 12.4. The van der Waals surface area contributed by atoms with E-state index in [0.717, 1.165) is 11.3 Å². The summed E-state index contributed by atoms with van der Waals surface area (Å²) in [5.41, 5.74) is 0.861. The summed E-state index contributed by atoms with van der Waals surface area (Å²) in [6, 6.07) is 11.3. The van der Waals surface area contributed by atoms with Gasteiger partial charge in [0.15, 0.2) is 17.3 Å². The van der Waals surface area contributed by atoms with Gasteiger partial charge in [-0.25, -0.2) is 4.40 Å². The zero-order valence-electron chi connectivity index (χ0n) is 15.4. The van der Waals surface area contributed by atoms with Gasteiger partial charge < -0.3 is 9.47 Å². The first-order valence-electron chi connectivity index (χ1n) is 8.38. The van der Waals surface area contributed by atoms with Gasteiger partial charge in [0.1, 0.15) is 0 Å². The lowest BCUT2D eigenvalue weighted by Crippen LogP contribution is -2.23. The Morgan fingerprint density at radius 2 is 1.90 bits per heavy atom. The molecule has 0 aliphatic carbocycles. The minimum absolute atomic E-state index is 0.0415. The van der Waals surface area contributed by atoms with Crippen LogP contribution in [0.25, 0.3) is 22.4 Å². The molecule has 4 rings (SSSR count). The van der Waals surface area contributed by atoms with Gasteiger partial charge in [-0.3, -0.25) is 14.9 Å². The molecule has 0 unspecified atom stereocenters.